The van der Waals surface area contributed by atoms with Gasteiger partial charge in [0.15, 0.2) is 0 Å². The number of benzene rings is 2. The highest BCUT2D eigenvalue weighted by Crippen LogP contribution is 2.18. The van der Waals surface area contributed by atoms with Gasteiger partial charge in [0.05, 0.1) is 7.11 Å². The Balaban J connectivity index is 1.66. The second-order valence-corrected chi connectivity index (χ2v) is 6.80. The molecular formula is C21H29N3O. The number of methoxy groups -OCH3 is 1. The SMILES string of the molecule is COc1cccc(CN[C@@H](CN2CCN(C)CC2)c2ccccc2)c1. The first-order chi connectivity index (χ1) is 12.2. The molecular weight excluding hydrogens is 310 g/mol. The summed E-state index contributed by atoms with van der Waals surface area (Å²) in [5.41, 5.74) is 2.60. The van der Waals surface area contributed by atoms with Crippen molar-refractivity contribution in [1.29, 1.82) is 0 Å². The van der Waals surface area contributed by atoms with E-state index in [4.69, 9.17) is 4.74 Å². The summed E-state index contributed by atoms with van der Waals surface area (Å²) in [4.78, 5) is 4.97. The lowest BCUT2D eigenvalue weighted by atomic mass is 10.1. The highest BCUT2D eigenvalue weighted by Gasteiger charge is 2.19. The van der Waals surface area contributed by atoms with Crippen LogP contribution in [0.2, 0.25) is 0 Å². The van der Waals surface area contributed by atoms with Crippen LogP contribution in [0.25, 0.3) is 0 Å². The lowest BCUT2D eigenvalue weighted by Crippen LogP contribution is -2.47. The number of piperazine rings is 1. The maximum Gasteiger partial charge on any atom is 0.119 e. The summed E-state index contributed by atoms with van der Waals surface area (Å²) in [5, 5.41) is 3.75. The zero-order valence-corrected chi connectivity index (χ0v) is 15.3. The van der Waals surface area contributed by atoms with Gasteiger partial charge in [-0.25, -0.2) is 0 Å². The van der Waals surface area contributed by atoms with E-state index in [-0.39, 0.29) is 0 Å². The van der Waals surface area contributed by atoms with Crippen LogP contribution in [0, 0.1) is 0 Å². The van der Waals surface area contributed by atoms with E-state index in [1.165, 1.54) is 11.1 Å². The minimum absolute atomic E-state index is 0.329. The predicted molar refractivity (Wildman–Crippen MR) is 103 cm³/mol. The van der Waals surface area contributed by atoms with Crippen molar-refractivity contribution in [1.82, 2.24) is 15.1 Å². The number of nitrogens with one attached hydrogen (secondary N) is 1. The van der Waals surface area contributed by atoms with Crippen LogP contribution in [0.5, 0.6) is 5.75 Å². The first-order valence-corrected chi connectivity index (χ1v) is 9.07. The summed E-state index contributed by atoms with van der Waals surface area (Å²) in [6.45, 7) is 6.46. The Hall–Kier alpha value is -1.88. The second-order valence-electron chi connectivity index (χ2n) is 6.80. The van der Waals surface area contributed by atoms with Crippen molar-refractivity contribution < 1.29 is 4.74 Å². The highest BCUT2D eigenvalue weighted by atomic mass is 16.5. The van der Waals surface area contributed by atoms with Crippen LogP contribution in [-0.2, 0) is 6.54 Å². The smallest absolute Gasteiger partial charge is 0.119 e. The maximum atomic E-state index is 5.34. The second kappa shape index (κ2) is 8.99. The van der Waals surface area contributed by atoms with E-state index in [1.807, 2.05) is 12.1 Å². The normalized spacial score (nSPS) is 17.4. The molecule has 25 heavy (non-hydrogen) atoms. The van der Waals surface area contributed by atoms with Gasteiger partial charge in [-0.3, -0.25) is 4.90 Å². The Morgan fingerprint density at radius 1 is 1.00 bits per heavy atom. The molecule has 0 aliphatic carbocycles. The van der Waals surface area contributed by atoms with Crippen molar-refractivity contribution in [3.63, 3.8) is 0 Å². The molecule has 4 nitrogen and oxygen atoms in total. The van der Waals surface area contributed by atoms with Gasteiger partial charge in [0.25, 0.3) is 0 Å². The molecule has 1 N–H and O–H groups in total. The molecule has 0 amide bonds. The third-order valence-corrected chi connectivity index (χ3v) is 4.93. The Morgan fingerprint density at radius 2 is 1.76 bits per heavy atom. The van der Waals surface area contributed by atoms with Crippen LogP contribution in [0.4, 0.5) is 0 Å². The van der Waals surface area contributed by atoms with Crippen molar-refractivity contribution in [3.05, 3.63) is 65.7 Å². The van der Waals surface area contributed by atoms with E-state index in [1.54, 1.807) is 7.11 Å². The molecule has 2 aromatic carbocycles. The maximum absolute atomic E-state index is 5.34. The molecule has 0 unspecified atom stereocenters. The summed E-state index contributed by atoms with van der Waals surface area (Å²) in [7, 11) is 3.92. The number of likely N-dealkylation sites (N-methyl/N-ethyl adjacent to an activating group) is 1. The fourth-order valence-corrected chi connectivity index (χ4v) is 3.29. The first-order valence-electron chi connectivity index (χ1n) is 9.07. The molecule has 0 aromatic heterocycles. The zero-order valence-electron chi connectivity index (χ0n) is 15.3. The molecule has 3 rings (SSSR count). The minimum atomic E-state index is 0.329. The molecule has 0 saturated carbocycles. The third-order valence-electron chi connectivity index (χ3n) is 4.93. The van der Waals surface area contributed by atoms with Gasteiger partial charge in [-0.15, -0.1) is 0 Å². The molecule has 0 spiro atoms. The first kappa shape index (κ1) is 17.9. The molecule has 1 saturated heterocycles. The molecule has 1 aliphatic heterocycles. The number of nitrogens with zero attached hydrogens (tertiary/aromatic N) is 2. The summed E-state index contributed by atoms with van der Waals surface area (Å²) in [6.07, 6.45) is 0. The largest absolute Gasteiger partial charge is 0.497 e. The van der Waals surface area contributed by atoms with Gasteiger partial charge in [0, 0.05) is 45.3 Å². The Bertz CT molecular complexity index is 639. The van der Waals surface area contributed by atoms with E-state index in [9.17, 15) is 0 Å². The van der Waals surface area contributed by atoms with Gasteiger partial charge < -0.3 is 15.0 Å². The van der Waals surface area contributed by atoms with E-state index >= 15 is 0 Å². The number of rotatable bonds is 7. The molecule has 2 aromatic rings. The minimum Gasteiger partial charge on any atom is -0.497 e. The van der Waals surface area contributed by atoms with Gasteiger partial charge >= 0.3 is 0 Å². The van der Waals surface area contributed by atoms with Crippen molar-refractivity contribution >= 4 is 0 Å². The fourth-order valence-electron chi connectivity index (χ4n) is 3.29. The monoisotopic (exact) mass is 339 g/mol. The average Bonchev–Trinajstić information content (AvgIpc) is 2.67. The average molecular weight is 339 g/mol. The number of hydrogen-bond acceptors (Lipinski definition) is 4. The zero-order chi connectivity index (χ0) is 17.5. The van der Waals surface area contributed by atoms with E-state index in [0.717, 1.165) is 45.0 Å². The predicted octanol–water partition coefficient (Wildman–Crippen LogP) is 2.77. The standard InChI is InChI=1S/C21H29N3O/c1-23-11-13-24(14-12-23)17-21(19-8-4-3-5-9-19)22-16-18-7-6-10-20(15-18)25-2/h3-10,15,21-22H,11-14,16-17H2,1-2H3/t21-/m0/s1. The Kier molecular flexibility index (Phi) is 6.45. The highest BCUT2D eigenvalue weighted by molar-refractivity contribution is 5.28. The van der Waals surface area contributed by atoms with Crippen LogP contribution in [0.3, 0.4) is 0 Å². The third kappa shape index (κ3) is 5.30. The lowest BCUT2D eigenvalue weighted by Gasteiger charge is -2.35. The Labute approximate surface area is 151 Å². The molecule has 134 valence electrons. The number of ether oxygens (including phenoxy) is 1. The molecule has 1 heterocycles. The van der Waals surface area contributed by atoms with E-state index in [2.05, 4.69) is 64.6 Å². The van der Waals surface area contributed by atoms with Gasteiger partial charge in [-0.05, 0) is 30.3 Å². The van der Waals surface area contributed by atoms with Crippen LogP contribution in [0.1, 0.15) is 17.2 Å². The molecule has 0 bridgehead atoms. The van der Waals surface area contributed by atoms with Gasteiger partial charge in [-0.2, -0.15) is 0 Å². The number of hydrogen-bond donors (Lipinski definition) is 1. The molecule has 1 aliphatic rings. The fraction of sp³-hybridized carbons (Fsp3) is 0.429. The van der Waals surface area contributed by atoms with Gasteiger partial charge in [0.2, 0.25) is 0 Å². The van der Waals surface area contributed by atoms with Crippen molar-refractivity contribution in [2.24, 2.45) is 0 Å². The molecule has 1 fully saturated rings. The van der Waals surface area contributed by atoms with Gasteiger partial charge in [-0.1, -0.05) is 42.5 Å². The topological polar surface area (TPSA) is 27.7 Å². The molecule has 0 radical (unpaired) electrons. The summed E-state index contributed by atoms with van der Waals surface area (Å²) in [5.74, 6) is 0.912. The summed E-state index contributed by atoms with van der Waals surface area (Å²) < 4.78 is 5.34. The lowest BCUT2D eigenvalue weighted by molar-refractivity contribution is 0.142. The van der Waals surface area contributed by atoms with E-state index in [0.29, 0.717) is 6.04 Å². The van der Waals surface area contributed by atoms with E-state index < -0.39 is 0 Å². The van der Waals surface area contributed by atoms with Crippen molar-refractivity contribution in [3.8, 4) is 5.75 Å². The van der Waals surface area contributed by atoms with Gasteiger partial charge in [0.1, 0.15) is 5.75 Å². The van der Waals surface area contributed by atoms with Crippen LogP contribution in [0.15, 0.2) is 54.6 Å². The molecule has 1 atom stereocenters. The summed E-state index contributed by atoms with van der Waals surface area (Å²) in [6, 6.07) is 19.4. The quantitative estimate of drug-likeness (QED) is 0.839. The van der Waals surface area contributed by atoms with Crippen LogP contribution >= 0.6 is 0 Å². The van der Waals surface area contributed by atoms with Crippen LogP contribution in [-0.4, -0.2) is 56.7 Å². The van der Waals surface area contributed by atoms with Crippen LogP contribution < -0.4 is 10.1 Å². The molecule has 4 heteroatoms. The Morgan fingerprint density at radius 3 is 2.48 bits per heavy atom. The summed E-state index contributed by atoms with van der Waals surface area (Å²) >= 11 is 0. The van der Waals surface area contributed by atoms with Crippen molar-refractivity contribution in [2.75, 3.05) is 46.9 Å². The van der Waals surface area contributed by atoms with Crippen molar-refractivity contribution in [2.45, 2.75) is 12.6 Å².